The van der Waals surface area contributed by atoms with Gasteiger partial charge in [-0.1, -0.05) is 23.8 Å². The Kier molecular flexibility index (Phi) is 3.40. The van der Waals surface area contributed by atoms with E-state index in [1.54, 1.807) is 12.1 Å². The Hall–Kier alpha value is -2.57. The normalized spacial score (nSPS) is 13.5. The number of nitrogens with zero attached hydrogens (tertiary/aromatic N) is 1. The summed E-state index contributed by atoms with van der Waals surface area (Å²) in [6.07, 6.45) is 0.939. The molecule has 1 aromatic heterocycles. The van der Waals surface area contributed by atoms with Gasteiger partial charge in [0.05, 0.1) is 11.1 Å². The van der Waals surface area contributed by atoms with Gasteiger partial charge in [0.1, 0.15) is 5.82 Å². The first-order valence-electron chi connectivity index (χ1n) is 7.84. The van der Waals surface area contributed by atoms with Gasteiger partial charge in [0.15, 0.2) is 0 Å². The highest BCUT2D eigenvalue weighted by Gasteiger charge is 2.19. The third-order valence-corrected chi connectivity index (χ3v) is 4.35. The molecule has 1 aliphatic heterocycles. The van der Waals surface area contributed by atoms with E-state index in [1.807, 2.05) is 10.6 Å². The van der Waals surface area contributed by atoms with Gasteiger partial charge in [-0.2, -0.15) is 0 Å². The first kappa shape index (κ1) is 14.0. The Balaban J connectivity index is 1.92. The SMILES string of the molecule is Cc1ccc2c(c1)c1c(n2C#Cc2ccccc2F)CCNC1. The summed E-state index contributed by atoms with van der Waals surface area (Å²) in [6, 6.07) is 16.2. The second kappa shape index (κ2) is 5.57. The highest BCUT2D eigenvalue weighted by Crippen LogP contribution is 2.28. The number of aryl methyl sites for hydroxylation is 1. The van der Waals surface area contributed by atoms with E-state index in [-0.39, 0.29) is 5.82 Å². The van der Waals surface area contributed by atoms with E-state index >= 15 is 0 Å². The van der Waals surface area contributed by atoms with E-state index < -0.39 is 0 Å². The summed E-state index contributed by atoms with van der Waals surface area (Å²) in [4.78, 5) is 0. The monoisotopic (exact) mass is 304 g/mol. The second-order valence-electron chi connectivity index (χ2n) is 5.92. The summed E-state index contributed by atoms with van der Waals surface area (Å²) in [5, 5.41) is 4.67. The van der Waals surface area contributed by atoms with Crippen molar-refractivity contribution in [1.82, 2.24) is 9.88 Å². The molecule has 0 radical (unpaired) electrons. The third kappa shape index (κ3) is 2.42. The highest BCUT2D eigenvalue weighted by molar-refractivity contribution is 5.87. The summed E-state index contributed by atoms with van der Waals surface area (Å²) >= 11 is 0. The number of benzene rings is 2. The third-order valence-electron chi connectivity index (χ3n) is 4.35. The van der Waals surface area contributed by atoms with Crippen molar-refractivity contribution in [3.8, 4) is 12.0 Å². The summed E-state index contributed by atoms with van der Waals surface area (Å²) in [5.74, 6) is 2.71. The van der Waals surface area contributed by atoms with Crippen LogP contribution in [0.25, 0.3) is 10.9 Å². The van der Waals surface area contributed by atoms with Crippen LogP contribution in [0.4, 0.5) is 4.39 Å². The lowest BCUT2D eigenvalue weighted by Crippen LogP contribution is -2.24. The summed E-state index contributed by atoms with van der Waals surface area (Å²) in [6.45, 7) is 3.91. The van der Waals surface area contributed by atoms with Crippen LogP contribution in [0.15, 0.2) is 42.5 Å². The average Bonchev–Trinajstić information content (AvgIpc) is 2.88. The molecule has 0 atom stereocenters. The fraction of sp³-hybridized carbons (Fsp3) is 0.200. The molecular formula is C20H17FN2. The highest BCUT2D eigenvalue weighted by atomic mass is 19.1. The molecule has 0 fully saturated rings. The molecule has 0 aliphatic carbocycles. The van der Waals surface area contributed by atoms with Crippen molar-refractivity contribution >= 4 is 10.9 Å². The van der Waals surface area contributed by atoms with Crippen LogP contribution in [0, 0.1) is 24.7 Å². The lowest BCUT2D eigenvalue weighted by Gasteiger charge is -2.14. The van der Waals surface area contributed by atoms with Crippen LogP contribution in [-0.2, 0) is 13.0 Å². The standard InChI is InChI=1S/C20H17FN2/c1-14-6-7-19-16(12-14)17-13-22-10-8-20(17)23(19)11-9-15-4-2-3-5-18(15)21/h2-7,12,22H,8,10,13H2,1H3. The fourth-order valence-electron chi connectivity index (χ4n) is 3.21. The predicted octanol–water partition coefficient (Wildman–Crippen LogP) is 3.59. The Bertz CT molecular complexity index is 957. The van der Waals surface area contributed by atoms with E-state index in [0.717, 1.165) is 25.0 Å². The number of rotatable bonds is 0. The van der Waals surface area contributed by atoms with Crippen LogP contribution < -0.4 is 5.32 Å². The second-order valence-corrected chi connectivity index (χ2v) is 5.92. The topological polar surface area (TPSA) is 17.0 Å². The van der Waals surface area contributed by atoms with Gasteiger partial charge in [0.2, 0.25) is 0 Å². The molecule has 0 saturated carbocycles. The molecule has 4 rings (SSSR count). The van der Waals surface area contributed by atoms with Gasteiger partial charge in [-0.05, 0) is 42.7 Å². The van der Waals surface area contributed by atoms with E-state index in [9.17, 15) is 4.39 Å². The molecule has 3 heteroatoms. The number of nitrogens with one attached hydrogen (secondary N) is 1. The first-order valence-corrected chi connectivity index (χ1v) is 7.84. The van der Waals surface area contributed by atoms with Crippen molar-refractivity contribution in [3.05, 3.63) is 70.7 Å². The van der Waals surface area contributed by atoms with Gasteiger partial charge in [-0.3, -0.25) is 4.57 Å². The Morgan fingerprint density at radius 1 is 1.17 bits per heavy atom. The maximum absolute atomic E-state index is 13.8. The molecule has 1 N–H and O–H groups in total. The molecule has 2 nitrogen and oxygen atoms in total. The van der Waals surface area contributed by atoms with Gasteiger partial charge in [-0.25, -0.2) is 4.39 Å². The smallest absolute Gasteiger partial charge is 0.138 e. The van der Waals surface area contributed by atoms with Crippen LogP contribution in [-0.4, -0.2) is 11.1 Å². The minimum atomic E-state index is -0.275. The van der Waals surface area contributed by atoms with Crippen LogP contribution in [0.2, 0.25) is 0 Å². The molecule has 2 heterocycles. The lowest BCUT2D eigenvalue weighted by atomic mass is 10.0. The molecule has 0 saturated heterocycles. The molecule has 23 heavy (non-hydrogen) atoms. The summed E-state index contributed by atoms with van der Waals surface area (Å²) < 4.78 is 15.8. The van der Waals surface area contributed by atoms with Crippen LogP contribution in [0.3, 0.4) is 0 Å². The molecule has 0 bridgehead atoms. The Morgan fingerprint density at radius 2 is 2.04 bits per heavy atom. The molecule has 2 aromatic carbocycles. The van der Waals surface area contributed by atoms with Crippen LogP contribution >= 0.6 is 0 Å². The average molecular weight is 304 g/mol. The molecule has 0 amide bonds. The van der Waals surface area contributed by atoms with Crippen molar-refractivity contribution in [1.29, 1.82) is 0 Å². The van der Waals surface area contributed by atoms with Crippen molar-refractivity contribution in [2.75, 3.05) is 6.54 Å². The van der Waals surface area contributed by atoms with Crippen molar-refractivity contribution in [3.63, 3.8) is 0 Å². The van der Waals surface area contributed by atoms with Gasteiger partial charge in [0, 0.05) is 36.6 Å². The summed E-state index contributed by atoms with van der Waals surface area (Å²) in [5.41, 5.74) is 5.34. The minimum absolute atomic E-state index is 0.275. The fourth-order valence-corrected chi connectivity index (χ4v) is 3.21. The molecule has 3 aromatic rings. The van der Waals surface area contributed by atoms with E-state index in [2.05, 4.69) is 42.4 Å². The maximum Gasteiger partial charge on any atom is 0.138 e. The largest absolute Gasteiger partial charge is 0.312 e. The van der Waals surface area contributed by atoms with E-state index in [4.69, 9.17) is 0 Å². The first-order chi connectivity index (χ1) is 11.2. The summed E-state index contributed by atoms with van der Waals surface area (Å²) in [7, 11) is 0. The molecule has 1 aliphatic rings. The number of hydrogen-bond donors (Lipinski definition) is 1. The number of hydrogen-bond acceptors (Lipinski definition) is 1. The number of aromatic nitrogens is 1. The van der Waals surface area contributed by atoms with Crippen molar-refractivity contribution in [2.45, 2.75) is 19.9 Å². The zero-order valence-corrected chi connectivity index (χ0v) is 13.0. The van der Waals surface area contributed by atoms with Crippen LogP contribution in [0.5, 0.6) is 0 Å². The zero-order valence-electron chi connectivity index (χ0n) is 13.0. The molecule has 114 valence electrons. The predicted molar refractivity (Wildman–Crippen MR) is 90.8 cm³/mol. The van der Waals surface area contributed by atoms with Crippen molar-refractivity contribution < 1.29 is 4.39 Å². The molecule has 0 unspecified atom stereocenters. The zero-order chi connectivity index (χ0) is 15.8. The lowest BCUT2D eigenvalue weighted by molar-refractivity contribution is 0.624. The quantitative estimate of drug-likeness (QED) is 0.628. The van der Waals surface area contributed by atoms with Gasteiger partial charge in [0.25, 0.3) is 0 Å². The number of halogens is 1. The molecular weight excluding hydrogens is 287 g/mol. The number of fused-ring (bicyclic) bond motifs is 3. The van der Waals surface area contributed by atoms with Crippen LogP contribution in [0.1, 0.15) is 22.4 Å². The van der Waals surface area contributed by atoms with Gasteiger partial charge < -0.3 is 5.32 Å². The van der Waals surface area contributed by atoms with Gasteiger partial charge in [-0.15, -0.1) is 0 Å². The van der Waals surface area contributed by atoms with E-state index in [0.29, 0.717) is 5.56 Å². The maximum atomic E-state index is 13.8. The van der Waals surface area contributed by atoms with E-state index in [1.165, 1.54) is 28.3 Å². The van der Waals surface area contributed by atoms with Gasteiger partial charge >= 0.3 is 0 Å². The Labute approximate surface area is 134 Å². The molecule has 0 spiro atoms. The minimum Gasteiger partial charge on any atom is -0.312 e. The Morgan fingerprint density at radius 3 is 2.91 bits per heavy atom. The van der Waals surface area contributed by atoms with Crippen molar-refractivity contribution in [2.24, 2.45) is 0 Å².